The molecule has 4 unspecified atom stereocenters. The van der Waals surface area contributed by atoms with E-state index in [1.807, 2.05) is 0 Å². The van der Waals surface area contributed by atoms with Gasteiger partial charge in [-0.3, -0.25) is 0 Å². The molecular formula is C14H26N+. The number of hydrogen-bond acceptors (Lipinski definition) is 0. The first-order valence-electron chi connectivity index (χ1n) is 7.01. The van der Waals surface area contributed by atoms with E-state index in [-0.39, 0.29) is 0 Å². The first-order valence-corrected chi connectivity index (χ1v) is 7.01. The van der Waals surface area contributed by atoms with Gasteiger partial charge in [0.05, 0.1) is 20.1 Å². The molecule has 3 aliphatic rings. The van der Waals surface area contributed by atoms with E-state index in [9.17, 15) is 0 Å². The predicted molar refractivity (Wildman–Crippen MR) is 63.6 cm³/mol. The first kappa shape index (κ1) is 10.1. The van der Waals surface area contributed by atoms with Gasteiger partial charge in [0.2, 0.25) is 0 Å². The maximum atomic E-state index is 2.57. The Morgan fingerprint density at radius 3 is 2.80 bits per heavy atom. The van der Waals surface area contributed by atoms with Crippen LogP contribution in [0.25, 0.3) is 0 Å². The van der Waals surface area contributed by atoms with Crippen LogP contribution in [0, 0.1) is 11.8 Å². The third-order valence-electron chi connectivity index (χ3n) is 6.00. The highest BCUT2D eigenvalue weighted by Gasteiger charge is 2.60. The normalized spacial score (nSPS) is 54.8. The average Bonchev–Trinajstić information content (AvgIpc) is 2.52. The van der Waals surface area contributed by atoms with Crippen LogP contribution in [0.2, 0.25) is 0 Å². The van der Waals surface area contributed by atoms with Gasteiger partial charge in [0.25, 0.3) is 0 Å². The molecule has 0 aromatic rings. The number of piperidine rings is 1. The van der Waals surface area contributed by atoms with Crippen LogP contribution in [0.3, 0.4) is 0 Å². The Morgan fingerprint density at radius 1 is 1.07 bits per heavy atom. The fourth-order valence-electron chi connectivity index (χ4n) is 5.23. The van der Waals surface area contributed by atoms with Crippen molar-refractivity contribution in [3.05, 3.63) is 0 Å². The Balaban J connectivity index is 1.94. The van der Waals surface area contributed by atoms with Crippen molar-refractivity contribution in [2.45, 2.75) is 57.4 Å². The molecule has 4 atom stereocenters. The Morgan fingerprint density at radius 2 is 1.93 bits per heavy atom. The third kappa shape index (κ3) is 1.25. The maximum Gasteiger partial charge on any atom is 0.102 e. The van der Waals surface area contributed by atoms with Crippen LogP contribution >= 0.6 is 0 Å². The Kier molecular flexibility index (Phi) is 2.18. The highest BCUT2D eigenvalue weighted by atomic mass is 15.4. The molecule has 0 bridgehead atoms. The molecule has 0 aromatic carbocycles. The summed E-state index contributed by atoms with van der Waals surface area (Å²) in [6, 6.07) is 0. The molecule has 1 heteroatoms. The Labute approximate surface area is 94.4 Å². The Bertz CT molecular complexity index is 262. The van der Waals surface area contributed by atoms with E-state index in [0.29, 0.717) is 0 Å². The van der Waals surface area contributed by atoms with Gasteiger partial charge in [0.1, 0.15) is 5.54 Å². The standard InChI is InChI=1S/C14H26N/c1-12-6-9-14-8-4-3-5-13(14)7-10-15(14,2)11-12/h12-13H,3-11H2,1-2H3/q+1. The highest BCUT2D eigenvalue weighted by Crippen LogP contribution is 2.54. The van der Waals surface area contributed by atoms with Gasteiger partial charge in [-0.05, 0) is 19.3 Å². The third-order valence-corrected chi connectivity index (χ3v) is 6.00. The second kappa shape index (κ2) is 3.23. The second-order valence-corrected chi connectivity index (χ2v) is 6.78. The molecule has 0 amide bonds. The summed E-state index contributed by atoms with van der Waals surface area (Å²) in [6.07, 6.45) is 10.7. The van der Waals surface area contributed by atoms with Gasteiger partial charge in [-0.15, -0.1) is 0 Å². The highest BCUT2D eigenvalue weighted by molar-refractivity contribution is 4.98. The van der Waals surface area contributed by atoms with Crippen LogP contribution in [0.4, 0.5) is 0 Å². The van der Waals surface area contributed by atoms with Crippen LogP contribution in [0.5, 0.6) is 0 Å². The van der Waals surface area contributed by atoms with E-state index in [1.165, 1.54) is 49.7 Å². The largest absolute Gasteiger partial charge is 0.321 e. The number of nitrogens with zero attached hydrogens (tertiary/aromatic N) is 1. The van der Waals surface area contributed by atoms with Crippen molar-refractivity contribution < 1.29 is 4.48 Å². The van der Waals surface area contributed by atoms with Crippen LogP contribution in [-0.2, 0) is 0 Å². The quantitative estimate of drug-likeness (QED) is 0.536. The van der Waals surface area contributed by atoms with Crippen LogP contribution in [0.15, 0.2) is 0 Å². The van der Waals surface area contributed by atoms with E-state index in [1.54, 1.807) is 12.8 Å². The lowest BCUT2D eigenvalue weighted by atomic mass is 9.67. The molecule has 1 saturated carbocycles. The molecule has 1 nitrogen and oxygen atoms in total. The topological polar surface area (TPSA) is 0 Å². The molecular weight excluding hydrogens is 182 g/mol. The van der Waals surface area contributed by atoms with Crippen molar-refractivity contribution in [1.29, 1.82) is 0 Å². The zero-order chi connectivity index (χ0) is 10.5. The lowest BCUT2D eigenvalue weighted by molar-refractivity contribution is -0.958. The fourth-order valence-corrected chi connectivity index (χ4v) is 5.23. The summed E-state index contributed by atoms with van der Waals surface area (Å²) in [5.41, 5.74) is 0.741. The van der Waals surface area contributed by atoms with Gasteiger partial charge in [-0.2, -0.15) is 0 Å². The number of quaternary nitrogens is 1. The number of hydrogen-bond donors (Lipinski definition) is 0. The van der Waals surface area contributed by atoms with Crippen LogP contribution in [0.1, 0.15) is 51.9 Å². The molecule has 2 heterocycles. The summed E-state index contributed by atoms with van der Waals surface area (Å²) in [5, 5.41) is 0. The monoisotopic (exact) mass is 208 g/mol. The van der Waals surface area contributed by atoms with Crippen molar-refractivity contribution in [2.24, 2.45) is 11.8 Å². The molecule has 3 fully saturated rings. The van der Waals surface area contributed by atoms with E-state index in [0.717, 1.165) is 17.4 Å². The predicted octanol–water partition coefficient (Wildman–Crippen LogP) is 3.20. The van der Waals surface area contributed by atoms with E-state index < -0.39 is 0 Å². The summed E-state index contributed by atoms with van der Waals surface area (Å²) < 4.78 is 1.44. The molecule has 1 spiro atoms. The lowest BCUT2D eigenvalue weighted by Crippen LogP contribution is -2.65. The minimum absolute atomic E-state index is 0.741. The van der Waals surface area contributed by atoms with Crippen molar-refractivity contribution in [1.82, 2.24) is 0 Å². The number of rotatable bonds is 0. The molecule has 0 radical (unpaired) electrons. The molecule has 3 rings (SSSR count). The van der Waals surface area contributed by atoms with Crippen LogP contribution < -0.4 is 0 Å². The molecule has 15 heavy (non-hydrogen) atoms. The smallest absolute Gasteiger partial charge is 0.102 e. The minimum atomic E-state index is 0.741. The summed E-state index contributed by atoms with van der Waals surface area (Å²) in [4.78, 5) is 0. The molecule has 0 N–H and O–H groups in total. The van der Waals surface area contributed by atoms with Crippen molar-refractivity contribution in [3.63, 3.8) is 0 Å². The zero-order valence-electron chi connectivity index (χ0n) is 10.5. The molecule has 86 valence electrons. The second-order valence-electron chi connectivity index (χ2n) is 6.78. The summed E-state index contributed by atoms with van der Waals surface area (Å²) >= 11 is 0. The fraction of sp³-hybridized carbons (Fsp3) is 1.00. The van der Waals surface area contributed by atoms with E-state index in [2.05, 4.69) is 14.0 Å². The Hall–Kier alpha value is -0.0400. The van der Waals surface area contributed by atoms with E-state index in [4.69, 9.17) is 0 Å². The van der Waals surface area contributed by atoms with Gasteiger partial charge < -0.3 is 4.48 Å². The molecule has 2 saturated heterocycles. The first-order chi connectivity index (χ1) is 7.16. The van der Waals surface area contributed by atoms with Gasteiger partial charge in [0.15, 0.2) is 0 Å². The van der Waals surface area contributed by atoms with Gasteiger partial charge in [0, 0.05) is 31.1 Å². The van der Waals surface area contributed by atoms with Gasteiger partial charge in [-0.25, -0.2) is 0 Å². The molecule has 2 aliphatic heterocycles. The van der Waals surface area contributed by atoms with Crippen molar-refractivity contribution in [2.75, 3.05) is 20.1 Å². The SMILES string of the molecule is CC1CCC23CCCCC2CC[N+]3(C)C1. The lowest BCUT2D eigenvalue weighted by Gasteiger charge is -2.55. The molecule has 1 aliphatic carbocycles. The molecule has 0 aromatic heterocycles. The maximum absolute atomic E-state index is 2.57. The average molecular weight is 208 g/mol. The van der Waals surface area contributed by atoms with Gasteiger partial charge >= 0.3 is 0 Å². The van der Waals surface area contributed by atoms with Gasteiger partial charge in [-0.1, -0.05) is 13.3 Å². The zero-order valence-corrected chi connectivity index (χ0v) is 10.5. The summed E-state index contributed by atoms with van der Waals surface area (Å²) in [7, 11) is 2.57. The van der Waals surface area contributed by atoms with E-state index >= 15 is 0 Å². The van der Waals surface area contributed by atoms with Crippen molar-refractivity contribution in [3.8, 4) is 0 Å². The summed E-state index contributed by atoms with van der Waals surface area (Å²) in [6.45, 7) is 5.41. The summed E-state index contributed by atoms with van der Waals surface area (Å²) in [5.74, 6) is 2.06. The van der Waals surface area contributed by atoms with Crippen LogP contribution in [-0.4, -0.2) is 30.2 Å². The minimum Gasteiger partial charge on any atom is -0.321 e. The van der Waals surface area contributed by atoms with Crippen molar-refractivity contribution >= 4 is 0 Å².